The summed E-state index contributed by atoms with van der Waals surface area (Å²) in [5.41, 5.74) is 2.59. The lowest BCUT2D eigenvalue weighted by atomic mass is 9.98. The van der Waals surface area contributed by atoms with Crippen LogP contribution in [-0.4, -0.2) is 44.3 Å². The Hall–Kier alpha value is -3.48. The maximum absolute atomic E-state index is 15.6. The van der Waals surface area contributed by atoms with Gasteiger partial charge in [0.15, 0.2) is 0 Å². The highest BCUT2D eigenvalue weighted by molar-refractivity contribution is 5.96. The van der Waals surface area contributed by atoms with E-state index < -0.39 is 11.8 Å². The Morgan fingerprint density at radius 2 is 1.85 bits per heavy atom. The van der Waals surface area contributed by atoms with Crippen molar-refractivity contribution in [2.24, 2.45) is 0 Å². The minimum absolute atomic E-state index is 0.0811. The molecule has 1 amide bonds. The van der Waals surface area contributed by atoms with E-state index >= 15 is 4.39 Å². The summed E-state index contributed by atoms with van der Waals surface area (Å²) in [4.78, 5) is 26.5. The van der Waals surface area contributed by atoms with Crippen LogP contribution in [0.25, 0.3) is 16.8 Å². The lowest BCUT2D eigenvalue weighted by molar-refractivity contribution is 0.0629. The maximum atomic E-state index is 15.6. The highest BCUT2D eigenvalue weighted by Crippen LogP contribution is 2.42. The van der Waals surface area contributed by atoms with Crippen molar-refractivity contribution in [3.63, 3.8) is 0 Å². The van der Waals surface area contributed by atoms with Crippen LogP contribution in [0, 0.1) is 5.82 Å². The molecule has 2 fully saturated rings. The molecule has 0 radical (unpaired) electrons. The molecule has 5 rings (SSSR count). The Morgan fingerprint density at radius 3 is 2.58 bits per heavy atom. The van der Waals surface area contributed by atoms with Crippen LogP contribution >= 0.6 is 0 Å². The summed E-state index contributed by atoms with van der Waals surface area (Å²) in [6.07, 6.45) is 6.19. The number of aromatic carboxylic acids is 1. The number of hydrogen-bond acceptors (Lipinski definition) is 3. The molecule has 1 saturated carbocycles. The summed E-state index contributed by atoms with van der Waals surface area (Å²) in [6, 6.07) is 12.2. The van der Waals surface area contributed by atoms with Crippen LogP contribution in [-0.2, 0) is 0 Å². The quantitative estimate of drug-likeness (QED) is 0.578. The molecule has 1 unspecified atom stereocenters. The molecule has 1 atom stereocenters. The normalized spacial score (nSPS) is 18.4. The fourth-order valence-corrected chi connectivity index (χ4v) is 4.76. The smallest absolute Gasteiger partial charge is 0.339 e. The third kappa shape index (κ3) is 3.92. The Balaban J connectivity index is 1.52. The molecule has 1 aliphatic carbocycles. The molecule has 6 nitrogen and oxygen atoms in total. The number of nitrogens with zero attached hydrogens (tertiary/aromatic N) is 3. The molecular formula is C26H26FN3O3. The molecular weight excluding hydrogens is 421 g/mol. The first kappa shape index (κ1) is 21.4. The monoisotopic (exact) mass is 447 g/mol. The lowest BCUT2D eigenvalue weighted by Gasteiger charge is -2.33. The van der Waals surface area contributed by atoms with E-state index in [1.165, 1.54) is 6.20 Å². The van der Waals surface area contributed by atoms with E-state index in [0.29, 0.717) is 29.1 Å². The van der Waals surface area contributed by atoms with Crippen LogP contribution in [0.5, 0.6) is 0 Å². The van der Waals surface area contributed by atoms with Crippen LogP contribution in [0.15, 0.2) is 48.7 Å². The molecule has 170 valence electrons. The molecule has 1 saturated heterocycles. The summed E-state index contributed by atoms with van der Waals surface area (Å²) in [6.45, 7) is 2.66. The number of benzene rings is 2. The number of carbonyl (C=O) groups is 2. The molecule has 2 heterocycles. The van der Waals surface area contributed by atoms with E-state index in [2.05, 4.69) is 5.10 Å². The number of carboxylic acids is 1. The Bertz CT molecular complexity index is 1230. The molecule has 0 spiro atoms. The number of aromatic nitrogens is 2. The maximum Gasteiger partial charge on any atom is 0.339 e. The summed E-state index contributed by atoms with van der Waals surface area (Å²) < 4.78 is 17.3. The summed E-state index contributed by atoms with van der Waals surface area (Å²) in [7, 11) is 0. The predicted octanol–water partition coefficient (Wildman–Crippen LogP) is 5.27. The van der Waals surface area contributed by atoms with Crippen LogP contribution < -0.4 is 0 Å². The minimum Gasteiger partial charge on any atom is -0.478 e. The average Bonchev–Trinajstić information content (AvgIpc) is 3.56. The van der Waals surface area contributed by atoms with Gasteiger partial charge < -0.3 is 10.0 Å². The summed E-state index contributed by atoms with van der Waals surface area (Å²) >= 11 is 0. The van der Waals surface area contributed by atoms with Crippen molar-refractivity contribution in [1.29, 1.82) is 0 Å². The van der Waals surface area contributed by atoms with Crippen molar-refractivity contribution >= 4 is 11.9 Å². The van der Waals surface area contributed by atoms with E-state index in [0.717, 1.165) is 32.1 Å². The van der Waals surface area contributed by atoms with Gasteiger partial charge in [-0.15, -0.1) is 0 Å². The number of amides is 1. The van der Waals surface area contributed by atoms with E-state index in [4.69, 9.17) is 0 Å². The molecule has 0 bridgehead atoms. The van der Waals surface area contributed by atoms with E-state index in [1.807, 2.05) is 13.0 Å². The van der Waals surface area contributed by atoms with Gasteiger partial charge in [-0.25, -0.2) is 13.9 Å². The van der Waals surface area contributed by atoms with Crippen molar-refractivity contribution in [3.8, 4) is 16.8 Å². The number of halogens is 1. The highest BCUT2D eigenvalue weighted by atomic mass is 19.1. The van der Waals surface area contributed by atoms with Crippen molar-refractivity contribution in [1.82, 2.24) is 14.7 Å². The Morgan fingerprint density at radius 1 is 1.06 bits per heavy atom. The Labute approximate surface area is 191 Å². The van der Waals surface area contributed by atoms with Gasteiger partial charge in [0.1, 0.15) is 11.4 Å². The minimum atomic E-state index is -0.997. The van der Waals surface area contributed by atoms with Gasteiger partial charge in [0.25, 0.3) is 5.91 Å². The van der Waals surface area contributed by atoms with Gasteiger partial charge in [-0.2, -0.15) is 5.10 Å². The third-order valence-electron chi connectivity index (χ3n) is 6.70. The molecule has 33 heavy (non-hydrogen) atoms. The van der Waals surface area contributed by atoms with Gasteiger partial charge in [0.2, 0.25) is 0 Å². The van der Waals surface area contributed by atoms with Gasteiger partial charge >= 0.3 is 5.97 Å². The first-order chi connectivity index (χ1) is 16.0. The third-order valence-corrected chi connectivity index (χ3v) is 6.70. The second-order valence-electron chi connectivity index (χ2n) is 9.00. The van der Waals surface area contributed by atoms with Crippen molar-refractivity contribution in [2.45, 2.75) is 51.0 Å². The van der Waals surface area contributed by atoms with Crippen LogP contribution in [0.3, 0.4) is 0 Å². The molecule has 2 aliphatic rings. The predicted molar refractivity (Wildman–Crippen MR) is 122 cm³/mol. The number of hydrogen-bond donors (Lipinski definition) is 1. The van der Waals surface area contributed by atoms with E-state index in [9.17, 15) is 14.7 Å². The van der Waals surface area contributed by atoms with Crippen molar-refractivity contribution in [3.05, 3.63) is 71.3 Å². The first-order valence-corrected chi connectivity index (χ1v) is 11.5. The number of carboxylic acid groups (broad SMARTS) is 1. The molecule has 1 aliphatic heterocycles. The van der Waals surface area contributed by atoms with Crippen LogP contribution in [0.4, 0.5) is 4.39 Å². The largest absolute Gasteiger partial charge is 0.478 e. The van der Waals surface area contributed by atoms with Gasteiger partial charge in [0, 0.05) is 24.1 Å². The van der Waals surface area contributed by atoms with Crippen LogP contribution in [0.1, 0.15) is 71.4 Å². The zero-order valence-electron chi connectivity index (χ0n) is 18.5. The molecule has 2 aromatic carbocycles. The van der Waals surface area contributed by atoms with Gasteiger partial charge in [-0.1, -0.05) is 24.3 Å². The highest BCUT2D eigenvalue weighted by Gasteiger charge is 2.33. The van der Waals surface area contributed by atoms with Crippen molar-refractivity contribution < 1.29 is 19.1 Å². The SMILES string of the molecule is CC1CCCCN1C(=O)c1cccc(-c2cccc(-n3ncc(C(=O)O)c3C3CC3)c2)c1F. The van der Waals surface area contributed by atoms with E-state index in [-0.39, 0.29) is 29.0 Å². The fourth-order valence-electron chi connectivity index (χ4n) is 4.76. The van der Waals surface area contributed by atoms with Crippen LogP contribution in [0.2, 0.25) is 0 Å². The topological polar surface area (TPSA) is 75.4 Å². The van der Waals surface area contributed by atoms with Crippen molar-refractivity contribution in [2.75, 3.05) is 6.54 Å². The number of carbonyl (C=O) groups excluding carboxylic acids is 1. The summed E-state index contributed by atoms with van der Waals surface area (Å²) in [5, 5.41) is 13.9. The lowest BCUT2D eigenvalue weighted by Crippen LogP contribution is -2.42. The second kappa shape index (κ2) is 8.46. The first-order valence-electron chi connectivity index (χ1n) is 11.5. The fraction of sp³-hybridized carbons (Fsp3) is 0.346. The molecule has 1 aromatic heterocycles. The molecule has 7 heteroatoms. The standard InChI is InChI=1S/C26H26FN3O3/c1-16-6-2-3-13-29(16)25(31)21-10-5-9-20(23(21)27)18-7-4-8-19(14-18)30-24(17-11-12-17)22(15-28-30)26(32)33/h4-5,7-10,14-17H,2-3,6,11-13H2,1H3,(H,32,33). The number of rotatable bonds is 5. The molecule has 1 N–H and O–H groups in total. The number of likely N-dealkylation sites (tertiary alicyclic amines) is 1. The zero-order valence-corrected chi connectivity index (χ0v) is 18.5. The summed E-state index contributed by atoms with van der Waals surface area (Å²) in [5.74, 6) is -1.63. The van der Waals surface area contributed by atoms with E-state index in [1.54, 1.807) is 46.0 Å². The molecule has 3 aromatic rings. The average molecular weight is 448 g/mol. The Kier molecular flexibility index (Phi) is 5.48. The van der Waals surface area contributed by atoms with Gasteiger partial charge in [0.05, 0.1) is 23.1 Å². The zero-order chi connectivity index (χ0) is 23.1. The van der Waals surface area contributed by atoms with Gasteiger partial charge in [-0.05, 0) is 62.8 Å². The van der Waals surface area contributed by atoms with Gasteiger partial charge in [-0.3, -0.25) is 4.79 Å². The number of piperidine rings is 1. The second-order valence-corrected chi connectivity index (χ2v) is 9.00.